The van der Waals surface area contributed by atoms with E-state index < -0.39 is 0 Å². The Hall–Kier alpha value is -2.33. The summed E-state index contributed by atoms with van der Waals surface area (Å²) < 4.78 is 5.76. The van der Waals surface area contributed by atoms with Crippen LogP contribution in [-0.2, 0) is 4.74 Å². The lowest BCUT2D eigenvalue weighted by Gasteiger charge is -2.03. The van der Waals surface area contributed by atoms with E-state index in [0.717, 1.165) is 21.2 Å². The molecule has 0 radical (unpaired) electrons. The molecule has 0 aliphatic carbocycles. The predicted octanol–water partition coefficient (Wildman–Crippen LogP) is 4.25. The fourth-order valence-corrected chi connectivity index (χ4v) is 3.31. The second-order valence-electron chi connectivity index (χ2n) is 4.91. The summed E-state index contributed by atoms with van der Waals surface area (Å²) in [7, 11) is 1.36. The molecule has 0 atom stereocenters. The summed E-state index contributed by atoms with van der Waals surface area (Å²) in [5, 5.41) is 0.901. The maximum atomic E-state index is 11.7. The first kappa shape index (κ1) is 13.6. The molecule has 106 valence electrons. The normalized spacial score (nSPS) is 10.8. The van der Waals surface area contributed by atoms with E-state index in [0.29, 0.717) is 10.6 Å². The van der Waals surface area contributed by atoms with Crippen molar-refractivity contribution in [2.24, 2.45) is 0 Å². The van der Waals surface area contributed by atoms with Gasteiger partial charge in [0.05, 0.1) is 12.8 Å². The van der Waals surface area contributed by atoms with E-state index in [2.05, 4.69) is 31.2 Å². The minimum Gasteiger partial charge on any atom is -0.465 e. The molecule has 0 spiro atoms. The molecule has 0 aliphatic rings. The van der Waals surface area contributed by atoms with E-state index in [9.17, 15) is 4.79 Å². The van der Waals surface area contributed by atoms with Gasteiger partial charge in [0.2, 0.25) is 0 Å². The highest BCUT2D eigenvalue weighted by Gasteiger charge is 2.17. The van der Waals surface area contributed by atoms with Crippen LogP contribution in [0.1, 0.15) is 15.2 Å². The Kier molecular flexibility index (Phi) is 3.39. The van der Waals surface area contributed by atoms with Gasteiger partial charge in [0.25, 0.3) is 0 Å². The Bertz CT molecular complexity index is 819. The summed E-state index contributed by atoms with van der Waals surface area (Å²) in [6, 6.07) is 14.4. The standard InChI is InChI=1S/C17H15NO2S/c1-10-3-5-11(6-4-10)12-7-8-14-13(9-12)15(18)16(21-14)17(19)20-2/h3-9H,18H2,1-2H3. The molecular weight excluding hydrogens is 282 g/mol. The lowest BCUT2D eigenvalue weighted by Crippen LogP contribution is -2.01. The van der Waals surface area contributed by atoms with Crippen molar-refractivity contribution in [2.75, 3.05) is 12.8 Å². The van der Waals surface area contributed by atoms with Crippen LogP contribution in [0.4, 0.5) is 5.69 Å². The number of hydrogen-bond acceptors (Lipinski definition) is 4. The number of nitrogen functional groups attached to an aromatic ring is 1. The highest BCUT2D eigenvalue weighted by atomic mass is 32.1. The lowest BCUT2D eigenvalue weighted by atomic mass is 10.0. The molecule has 0 aliphatic heterocycles. The third-order valence-corrected chi connectivity index (χ3v) is 4.65. The average molecular weight is 297 g/mol. The van der Waals surface area contributed by atoms with Gasteiger partial charge < -0.3 is 10.5 Å². The number of ether oxygens (including phenoxy) is 1. The molecule has 0 fully saturated rings. The molecule has 0 unspecified atom stereocenters. The van der Waals surface area contributed by atoms with Gasteiger partial charge in [0, 0.05) is 10.1 Å². The summed E-state index contributed by atoms with van der Waals surface area (Å²) in [6.45, 7) is 2.06. The first-order chi connectivity index (χ1) is 10.1. The van der Waals surface area contributed by atoms with Crippen LogP contribution >= 0.6 is 11.3 Å². The van der Waals surface area contributed by atoms with E-state index in [1.54, 1.807) is 0 Å². The van der Waals surface area contributed by atoms with Gasteiger partial charge in [-0.15, -0.1) is 11.3 Å². The topological polar surface area (TPSA) is 52.3 Å². The largest absolute Gasteiger partial charge is 0.465 e. The van der Waals surface area contributed by atoms with Crippen molar-refractivity contribution in [3.05, 3.63) is 52.9 Å². The summed E-state index contributed by atoms with van der Waals surface area (Å²) in [6.07, 6.45) is 0. The molecule has 0 saturated heterocycles. The summed E-state index contributed by atoms with van der Waals surface area (Å²) in [5.41, 5.74) is 10.0. The molecule has 3 rings (SSSR count). The number of nitrogens with two attached hydrogens (primary N) is 1. The molecule has 1 aromatic heterocycles. The summed E-state index contributed by atoms with van der Waals surface area (Å²) in [5.74, 6) is -0.384. The van der Waals surface area contributed by atoms with Gasteiger partial charge in [-0.25, -0.2) is 4.79 Å². The average Bonchev–Trinajstić information content (AvgIpc) is 2.84. The number of aryl methyl sites for hydroxylation is 1. The Morgan fingerprint density at radius 3 is 2.43 bits per heavy atom. The number of thiophene rings is 1. The Morgan fingerprint density at radius 2 is 1.76 bits per heavy atom. The molecule has 0 bridgehead atoms. The van der Waals surface area contributed by atoms with Crippen LogP contribution in [0.15, 0.2) is 42.5 Å². The van der Waals surface area contributed by atoms with E-state index in [1.807, 2.05) is 18.2 Å². The minimum absolute atomic E-state index is 0.384. The van der Waals surface area contributed by atoms with Crippen molar-refractivity contribution in [1.82, 2.24) is 0 Å². The van der Waals surface area contributed by atoms with Gasteiger partial charge >= 0.3 is 5.97 Å². The van der Waals surface area contributed by atoms with Crippen molar-refractivity contribution in [1.29, 1.82) is 0 Å². The number of anilines is 1. The van der Waals surface area contributed by atoms with Crippen molar-refractivity contribution in [3.8, 4) is 11.1 Å². The molecule has 4 heteroatoms. The Morgan fingerprint density at radius 1 is 1.10 bits per heavy atom. The van der Waals surface area contributed by atoms with Gasteiger partial charge in [-0.2, -0.15) is 0 Å². The molecule has 0 saturated carbocycles. The van der Waals surface area contributed by atoms with Crippen molar-refractivity contribution < 1.29 is 9.53 Å². The van der Waals surface area contributed by atoms with E-state index in [1.165, 1.54) is 24.0 Å². The predicted molar refractivity (Wildman–Crippen MR) is 87.7 cm³/mol. The smallest absolute Gasteiger partial charge is 0.350 e. The number of esters is 1. The van der Waals surface area contributed by atoms with Crippen LogP contribution in [-0.4, -0.2) is 13.1 Å². The molecular formula is C17H15NO2S. The number of fused-ring (bicyclic) bond motifs is 1. The highest BCUT2D eigenvalue weighted by molar-refractivity contribution is 7.21. The monoisotopic (exact) mass is 297 g/mol. The second kappa shape index (κ2) is 5.22. The molecule has 0 amide bonds. The number of methoxy groups -OCH3 is 1. The van der Waals surface area contributed by atoms with Crippen LogP contribution in [0, 0.1) is 6.92 Å². The zero-order chi connectivity index (χ0) is 15.0. The van der Waals surface area contributed by atoms with Crippen LogP contribution in [0.25, 0.3) is 21.2 Å². The van der Waals surface area contributed by atoms with Gasteiger partial charge in [0.1, 0.15) is 4.88 Å². The second-order valence-corrected chi connectivity index (χ2v) is 5.97. The van der Waals surface area contributed by atoms with E-state index in [4.69, 9.17) is 10.5 Å². The third kappa shape index (κ3) is 2.38. The molecule has 3 nitrogen and oxygen atoms in total. The van der Waals surface area contributed by atoms with E-state index in [-0.39, 0.29) is 5.97 Å². The zero-order valence-corrected chi connectivity index (χ0v) is 12.7. The number of hydrogen-bond donors (Lipinski definition) is 1. The highest BCUT2D eigenvalue weighted by Crippen LogP contribution is 2.36. The molecule has 21 heavy (non-hydrogen) atoms. The van der Waals surface area contributed by atoms with Crippen LogP contribution < -0.4 is 5.73 Å². The third-order valence-electron chi connectivity index (χ3n) is 3.48. The van der Waals surface area contributed by atoms with Crippen LogP contribution in [0.3, 0.4) is 0 Å². The van der Waals surface area contributed by atoms with E-state index >= 15 is 0 Å². The first-order valence-electron chi connectivity index (χ1n) is 6.57. The summed E-state index contributed by atoms with van der Waals surface area (Å²) in [4.78, 5) is 12.2. The van der Waals surface area contributed by atoms with Crippen LogP contribution in [0.5, 0.6) is 0 Å². The fourth-order valence-electron chi connectivity index (χ4n) is 2.29. The van der Waals surface area contributed by atoms with Crippen molar-refractivity contribution in [2.45, 2.75) is 6.92 Å². The number of rotatable bonds is 2. The molecule has 1 heterocycles. The zero-order valence-electron chi connectivity index (χ0n) is 11.8. The number of carbonyl (C=O) groups excluding carboxylic acids is 1. The van der Waals surface area contributed by atoms with Gasteiger partial charge in [-0.05, 0) is 30.2 Å². The van der Waals surface area contributed by atoms with Crippen molar-refractivity contribution in [3.63, 3.8) is 0 Å². The van der Waals surface area contributed by atoms with Gasteiger partial charge in [-0.3, -0.25) is 0 Å². The SMILES string of the molecule is COC(=O)c1sc2ccc(-c3ccc(C)cc3)cc2c1N. The minimum atomic E-state index is -0.384. The van der Waals surface area contributed by atoms with Gasteiger partial charge in [0.15, 0.2) is 0 Å². The lowest BCUT2D eigenvalue weighted by molar-refractivity contribution is 0.0607. The number of carbonyl (C=O) groups is 1. The molecule has 2 N–H and O–H groups in total. The van der Waals surface area contributed by atoms with Gasteiger partial charge in [-0.1, -0.05) is 35.9 Å². The quantitative estimate of drug-likeness (QED) is 0.720. The Labute approximate surface area is 127 Å². The fraction of sp³-hybridized carbons (Fsp3) is 0.118. The van der Waals surface area contributed by atoms with Crippen LogP contribution in [0.2, 0.25) is 0 Å². The van der Waals surface area contributed by atoms with Crippen molar-refractivity contribution >= 4 is 33.1 Å². The maximum Gasteiger partial charge on any atom is 0.350 e. The Balaban J connectivity index is 2.13. The number of benzene rings is 2. The maximum absolute atomic E-state index is 11.7. The first-order valence-corrected chi connectivity index (χ1v) is 7.39. The summed E-state index contributed by atoms with van der Waals surface area (Å²) >= 11 is 1.36. The molecule has 2 aromatic carbocycles. The molecule has 3 aromatic rings.